The van der Waals surface area contributed by atoms with Gasteiger partial charge in [0.05, 0.1) is 25.1 Å². The Morgan fingerprint density at radius 1 is 0.867 bits per heavy atom. The van der Waals surface area contributed by atoms with Crippen molar-refractivity contribution < 1.29 is 37.0 Å². The van der Waals surface area contributed by atoms with Gasteiger partial charge < -0.3 is 18.7 Å². The molecule has 1 aromatic rings. The lowest BCUT2D eigenvalue weighted by atomic mass is 10.0. The van der Waals surface area contributed by atoms with Crippen molar-refractivity contribution in [3.8, 4) is 0 Å². The highest BCUT2D eigenvalue weighted by Gasteiger charge is 2.24. The Balaban J connectivity index is 2.26. The van der Waals surface area contributed by atoms with E-state index in [2.05, 4.69) is 6.92 Å². The standard InChI is InChI=1S/C32H56FN2O9P/c1-4-5-6-7-8-9-10-11-12-13-14-15-16-18-22-40-23-20-24-42-45(39,43-27-41-32(38)44-28(2)3)25-19-17-21-35-26-29(33)30(36)34-31(35)37/h17,19,26,28H,4-16,18,20-25,27H2,1-3H3,(H,34,36,37)/b19-17-. The summed E-state index contributed by atoms with van der Waals surface area (Å²) in [5.41, 5.74) is -1.89. The van der Waals surface area contributed by atoms with Gasteiger partial charge in [-0.25, -0.2) is 9.59 Å². The van der Waals surface area contributed by atoms with Crippen LogP contribution in [-0.4, -0.2) is 54.6 Å². The molecule has 0 fully saturated rings. The van der Waals surface area contributed by atoms with Gasteiger partial charge in [-0.2, -0.15) is 4.39 Å². The smallest absolute Gasteiger partial charge is 0.432 e. The molecule has 0 spiro atoms. The zero-order valence-corrected chi connectivity index (χ0v) is 28.5. The molecule has 0 saturated heterocycles. The number of aromatic amines is 1. The van der Waals surface area contributed by atoms with Crippen LogP contribution in [0.4, 0.5) is 9.18 Å². The number of nitrogens with zero attached hydrogens (tertiary/aromatic N) is 1. The number of hydrogen-bond donors (Lipinski definition) is 1. The minimum Gasteiger partial charge on any atom is -0.432 e. The lowest BCUT2D eigenvalue weighted by Crippen LogP contribution is -2.31. The van der Waals surface area contributed by atoms with Crippen LogP contribution < -0.4 is 11.2 Å². The van der Waals surface area contributed by atoms with Crippen molar-refractivity contribution in [3.63, 3.8) is 0 Å². The Hall–Kier alpha value is -2.27. The fourth-order valence-corrected chi connectivity index (χ4v) is 5.71. The van der Waals surface area contributed by atoms with E-state index in [9.17, 15) is 23.3 Å². The van der Waals surface area contributed by atoms with Crippen LogP contribution in [0, 0.1) is 5.82 Å². The van der Waals surface area contributed by atoms with Crippen LogP contribution in [0.2, 0.25) is 0 Å². The van der Waals surface area contributed by atoms with E-state index in [1.165, 1.54) is 89.2 Å². The van der Waals surface area contributed by atoms with Crippen LogP contribution >= 0.6 is 7.60 Å². The summed E-state index contributed by atoms with van der Waals surface area (Å²) in [7, 11) is -3.75. The Morgan fingerprint density at radius 3 is 2.04 bits per heavy atom. The summed E-state index contributed by atoms with van der Waals surface area (Å²) in [5.74, 6) is -1.10. The van der Waals surface area contributed by atoms with Gasteiger partial charge in [-0.15, -0.1) is 0 Å². The molecule has 0 amide bonds. The van der Waals surface area contributed by atoms with Gasteiger partial charge in [-0.05, 0) is 26.7 Å². The van der Waals surface area contributed by atoms with Crippen molar-refractivity contribution in [3.05, 3.63) is 45.0 Å². The fourth-order valence-electron chi connectivity index (χ4n) is 4.40. The van der Waals surface area contributed by atoms with E-state index < -0.39 is 43.7 Å². The number of nitrogens with one attached hydrogen (secondary N) is 1. The summed E-state index contributed by atoms with van der Waals surface area (Å²) >= 11 is 0. The molecule has 13 heteroatoms. The van der Waals surface area contributed by atoms with E-state index in [0.717, 1.165) is 23.6 Å². The average molecular weight is 663 g/mol. The van der Waals surface area contributed by atoms with E-state index in [4.69, 9.17) is 23.3 Å². The van der Waals surface area contributed by atoms with Crippen LogP contribution in [0.25, 0.3) is 0 Å². The predicted molar refractivity (Wildman–Crippen MR) is 173 cm³/mol. The Labute approximate surface area is 267 Å². The van der Waals surface area contributed by atoms with Crippen LogP contribution in [0.3, 0.4) is 0 Å². The van der Waals surface area contributed by atoms with Gasteiger partial charge in [0.25, 0.3) is 5.56 Å². The summed E-state index contributed by atoms with van der Waals surface area (Å²) in [4.78, 5) is 36.4. The van der Waals surface area contributed by atoms with Crippen LogP contribution in [0.15, 0.2) is 27.9 Å². The van der Waals surface area contributed by atoms with Gasteiger partial charge >= 0.3 is 19.4 Å². The summed E-state index contributed by atoms with van der Waals surface area (Å²) in [6, 6.07) is 0. The molecule has 1 heterocycles. The van der Waals surface area contributed by atoms with Crippen molar-refractivity contribution in [2.24, 2.45) is 0 Å². The maximum atomic E-state index is 13.5. The summed E-state index contributed by atoms with van der Waals surface area (Å²) in [5, 5.41) is 0. The SMILES string of the molecule is CCCCCCCCCCCCCCCCOCCCOP(=O)(C/C=C\Cn1cc(F)c(=O)[nH]c1=O)OCOC(=O)OC(C)C. The largest absolute Gasteiger partial charge is 0.510 e. The van der Waals surface area contributed by atoms with E-state index in [0.29, 0.717) is 19.6 Å². The molecule has 45 heavy (non-hydrogen) atoms. The first-order valence-electron chi connectivity index (χ1n) is 16.6. The molecule has 1 rings (SSSR count). The highest BCUT2D eigenvalue weighted by Crippen LogP contribution is 2.48. The number of hydrogen-bond acceptors (Lipinski definition) is 9. The van der Waals surface area contributed by atoms with Crippen molar-refractivity contribution >= 4 is 13.8 Å². The minimum atomic E-state index is -3.75. The highest BCUT2D eigenvalue weighted by molar-refractivity contribution is 7.54. The lowest BCUT2D eigenvalue weighted by molar-refractivity contribution is -0.0130. The second-order valence-corrected chi connectivity index (χ2v) is 13.5. The zero-order chi connectivity index (χ0) is 33.2. The molecule has 0 aliphatic rings. The molecule has 1 N–H and O–H groups in total. The molecule has 0 bridgehead atoms. The Morgan fingerprint density at radius 2 is 1.44 bits per heavy atom. The summed E-state index contributed by atoms with van der Waals surface area (Å²) in [6.07, 6.45) is 20.8. The maximum Gasteiger partial charge on any atom is 0.510 e. The zero-order valence-electron chi connectivity index (χ0n) is 27.6. The van der Waals surface area contributed by atoms with Crippen molar-refractivity contribution in [1.29, 1.82) is 0 Å². The third kappa shape index (κ3) is 22.0. The maximum absolute atomic E-state index is 13.5. The molecule has 1 aromatic heterocycles. The summed E-state index contributed by atoms with van der Waals surface area (Å²) in [6.45, 7) is 6.02. The number of carbonyl (C=O) groups is 1. The van der Waals surface area contributed by atoms with Gasteiger partial charge in [-0.3, -0.25) is 23.4 Å². The third-order valence-electron chi connectivity index (χ3n) is 6.89. The normalized spacial score (nSPS) is 13.0. The monoisotopic (exact) mass is 662 g/mol. The van der Waals surface area contributed by atoms with E-state index in [1.807, 2.05) is 4.98 Å². The lowest BCUT2D eigenvalue weighted by Gasteiger charge is -2.17. The van der Waals surface area contributed by atoms with Crippen LogP contribution in [0.1, 0.15) is 117 Å². The third-order valence-corrected chi connectivity index (χ3v) is 8.62. The molecule has 1 atom stereocenters. The molecule has 0 aliphatic heterocycles. The van der Waals surface area contributed by atoms with Gasteiger partial charge in [0.15, 0.2) is 0 Å². The second kappa shape index (κ2) is 25.9. The molecule has 0 saturated carbocycles. The number of allylic oxidation sites excluding steroid dienone is 2. The minimum absolute atomic E-state index is 0.0865. The second-order valence-electron chi connectivity index (χ2n) is 11.4. The number of aromatic nitrogens is 2. The molecular weight excluding hydrogens is 606 g/mol. The summed E-state index contributed by atoms with van der Waals surface area (Å²) < 4.78 is 53.8. The molecule has 11 nitrogen and oxygen atoms in total. The van der Waals surface area contributed by atoms with Gasteiger partial charge in [-0.1, -0.05) is 103 Å². The Bertz CT molecular complexity index is 1110. The molecule has 0 aromatic carbocycles. The van der Waals surface area contributed by atoms with Crippen LogP contribution in [-0.2, 0) is 34.4 Å². The number of rotatable bonds is 28. The van der Waals surface area contributed by atoms with E-state index >= 15 is 0 Å². The van der Waals surface area contributed by atoms with Crippen molar-refractivity contribution in [2.75, 3.05) is 32.8 Å². The number of halogens is 1. The van der Waals surface area contributed by atoms with Gasteiger partial charge in [0.1, 0.15) is 0 Å². The quantitative estimate of drug-likeness (QED) is 0.0313. The van der Waals surface area contributed by atoms with Crippen molar-refractivity contribution in [2.45, 2.75) is 130 Å². The highest BCUT2D eigenvalue weighted by atomic mass is 31.2. The molecule has 0 radical (unpaired) electrons. The first-order valence-corrected chi connectivity index (χ1v) is 18.3. The molecule has 260 valence electrons. The molecular formula is C32H56FN2O9P. The topological polar surface area (TPSA) is 135 Å². The average Bonchev–Trinajstić information content (AvgIpc) is 2.98. The fraction of sp³-hybridized carbons (Fsp3) is 0.781. The molecule has 1 unspecified atom stereocenters. The number of unbranched alkanes of at least 4 members (excludes halogenated alkanes) is 13. The van der Waals surface area contributed by atoms with Crippen LogP contribution in [0.5, 0.6) is 0 Å². The molecule has 0 aliphatic carbocycles. The first kappa shape index (κ1) is 40.8. The van der Waals surface area contributed by atoms with Gasteiger partial charge in [0, 0.05) is 19.8 Å². The van der Waals surface area contributed by atoms with E-state index in [1.54, 1.807) is 13.8 Å². The van der Waals surface area contributed by atoms with Gasteiger partial charge in [0.2, 0.25) is 12.6 Å². The van der Waals surface area contributed by atoms with Crippen molar-refractivity contribution in [1.82, 2.24) is 9.55 Å². The predicted octanol–water partition coefficient (Wildman–Crippen LogP) is 7.87. The van der Waals surface area contributed by atoms with E-state index in [-0.39, 0.29) is 19.3 Å². The Kier molecular flexibility index (Phi) is 23.4. The number of carbonyl (C=O) groups excluding carboxylic acids is 1. The number of ether oxygens (including phenoxy) is 3. The number of H-pyrrole nitrogens is 1. The first-order chi connectivity index (χ1) is 21.7.